The van der Waals surface area contributed by atoms with E-state index in [0.29, 0.717) is 19.5 Å². The lowest BCUT2D eigenvalue weighted by Crippen LogP contribution is -2.37. The van der Waals surface area contributed by atoms with Crippen LogP contribution in [0.15, 0.2) is 12.4 Å². The van der Waals surface area contributed by atoms with Crippen molar-refractivity contribution in [1.82, 2.24) is 20.0 Å². The zero-order valence-corrected chi connectivity index (χ0v) is 11.5. The molecule has 0 aliphatic carbocycles. The van der Waals surface area contributed by atoms with E-state index >= 15 is 0 Å². The Morgan fingerprint density at radius 1 is 1.58 bits per heavy atom. The second-order valence-corrected chi connectivity index (χ2v) is 4.64. The van der Waals surface area contributed by atoms with Crippen molar-refractivity contribution in [3.05, 3.63) is 18.0 Å². The number of aromatic nitrogens is 2. The van der Waals surface area contributed by atoms with E-state index in [1.165, 1.54) is 4.90 Å². The number of aryl methyl sites for hydroxylation is 1. The monoisotopic (exact) mass is 268 g/mol. The molecule has 0 fully saturated rings. The Bertz CT molecular complexity index is 444. The highest BCUT2D eigenvalue weighted by atomic mass is 16.4. The zero-order chi connectivity index (χ0) is 14.4. The molecule has 106 valence electrons. The van der Waals surface area contributed by atoms with Crippen molar-refractivity contribution in [2.45, 2.75) is 19.9 Å². The summed E-state index contributed by atoms with van der Waals surface area (Å²) in [4.78, 5) is 23.9. The van der Waals surface area contributed by atoms with Gasteiger partial charge in [-0.15, -0.1) is 0 Å². The second-order valence-electron chi connectivity index (χ2n) is 4.64. The molecule has 0 spiro atoms. The maximum atomic E-state index is 11.7. The van der Waals surface area contributed by atoms with E-state index < -0.39 is 11.9 Å². The van der Waals surface area contributed by atoms with E-state index in [-0.39, 0.29) is 6.03 Å². The Labute approximate surface area is 112 Å². The number of carboxylic acid groups (broad SMARTS) is 1. The molecule has 0 aliphatic rings. The Balaban J connectivity index is 2.31. The lowest BCUT2D eigenvalue weighted by Gasteiger charge is -2.17. The third-order valence-electron chi connectivity index (χ3n) is 2.80. The Morgan fingerprint density at radius 2 is 2.26 bits per heavy atom. The first kappa shape index (κ1) is 15.0. The Morgan fingerprint density at radius 3 is 2.79 bits per heavy atom. The zero-order valence-electron chi connectivity index (χ0n) is 11.5. The van der Waals surface area contributed by atoms with Gasteiger partial charge in [-0.25, -0.2) is 4.79 Å². The van der Waals surface area contributed by atoms with Gasteiger partial charge in [-0.2, -0.15) is 5.10 Å². The second kappa shape index (κ2) is 6.77. The fourth-order valence-electron chi connectivity index (χ4n) is 1.55. The van der Waals surface area contributed by atoms with Gasteiger partial charge < -0.3 is 15.3 Å². The van der Waals surface area contributed by atoms with Crippen LogP contribution in [0.25, 0.3) is 0 Å². The first-order valence-corrected chi connectivity index (χ1v) is 6.09. The van der Waals surface area contributed by atoms with E-state index in [9.17, 15) is 9.59 Å². The Kier molecular flexibility index (Phi) is 5.35. The molecular weight excluding hydrogens is 248 g/mol. The largest absolute Gasteiger partial charge is 0.481 e. The number of nitrogens with zero attached hydrogens (tertiary/aromatic N) is 3. The quantitative estimate of drug-likeness (QED) is 0.794. The van der Waals surface area contributed by atoms with Crippen molar-refractivity contribution in [3.8, 4) is 0 Å². The van der Waals surface area contributed by atoms with Crippen molar-refractivity contribution in [2.24, 2.45) is 13.0 Å². The van der Waals surface area contributed by atoms with Crippen LogP contribution < -0.4 is 5.32 Å². The summed E-state index contributed by atoms with van der Waals surface area (Å²) in [7, 11) is 3.50. The molecule has 0 radical (unpaired) electrons. The minimum Gasteiger partial charge on any atom is -0.481 e. The van der Waals surface area contributed by atoms with Crippen LogP contribution in [0.1, 0.15) is 18.9 Å². The highest BCUT2D eigenvalue weighted by Gasteiger charge is 2.13. The van der Waals surface area contributed by atoms with Gasteiger partial charge in [-0.3, -0.25) is 9.48 Å². The predicted molar refractivity (Wildman–Crippen MR) is 69.5 cm³/mol. The topological polar surface area (TPSA) is 87.5 Å². The van der Waals surface area contributed by atoms with E-state index in [2.05, 4.69) is 10.4 Å². The fourth-order valence-corrected chi connectivity index (χ4v) is 1.55. The number of rotatable bonds is 6. The van der Waals surface area contributed by atoms with Crippen molar-refractivity contribution in [1.29, 1.82) is 0 Å². The number of hydrogen-bond donors (Lipinski definition) is 2. The molecule has 0 bridgehead atoms. The molecule has 0 saturated heterocycles. The molecule has 0 saturated carbocycles. The number of hydrogen-bond acceptors (Lipinski definition) is 3. The lowest BCUT2D eigenvalue weighted by molar-refractivity contribution is -0.141. The van der Waals surface area contributed by atoms with E-state index in [1.54, 1.807) is 24.9 Å². The van der Waals surface area contributed by atoms with Crippen LogP contribution in [0.4, 0.5) is 4.79 Å². The first-order chi connectivity index (χ1) is 8.90. The molecule has 1 aromatic heterocycles. The number of amides is 2. The number of carbonyl (C=O) groups excluding carboxylic acids is 1. The summed E-state index contributed by atoms with van der Waals surface area (Å²) in [6.07, 6.45) is 3.97. The number of carboxylic acids is 1. The van der Waals surface area contributed by atoms with Gasteiger partial charge >= 0.3 is 12.0 Å². The van der Waals surface area contributed by atoms with Crippen molar-refractivity contribution in [2.75, 3.05) is 13.6 Å². The molecule has 7 heteroatoms. The molecule has 1 unspecified atom stereocenters. The molecule has 2 amide bonds. The maximum Gasteiger partial charge on any atom is 0.317 e. The molecule has 19 heavy (non-hydrogen) atoms. The van der Waals surface area contributed by atoms with Crippen LogP contribution in [0.3, 0.4) is 0 Å². The van der Waals surface area contributed by atoms with Crippen molar-refractivity contribution >= 4 is 12.0 Å². The average Bonchev–Trinajstić information content (AvgIpc) is 2.74. The molecule has 0 aliphatic heterocycles. The highest BCUT2D eigenvalue weighted by Crippen LogP contribution is 2.02. The molecule has 7 nitrogen and oxygen atoms in total. The van der Waals surface area contributed by atoms with Crippen LogP contribution in [0, 0.1) is 5.92 Å². The van der Waals surface area contributed by atoms with Gasteiger partial charge in [0.1, 0.15) is 0 Å². The smallest absolute Gasteiger partial charge is 0.317 e. The molecule has 1 heterocycles. The minimum atomic E-state index is -0.849. The number of carbonyl (C=O) groups is 2. The van der Waals surface area contributed by atoms with Crippen LogP contribution in [0.2, 0.25) is 0 Å². The van der Waals surface area contributed by atoms with Gasteiger partial charge in [0.25, 0.3) is 0 Å². The third-order valence-corrected chi connectivity index (χ3v) is 2.80. The van der Waals surface area contributed by atoms with Crippen LogP contribution >= 0.6 is 0 Å². The van der Waals surface area contributed by atoms with Gasteiger partial charge in [-0.1, -0.05) is 6.92 Å². The summed E-state index contributed by atoms with van der Waals surface area (Å²) >= 11 is 0. The van der Waals surface area contributed by atoms with Crippen molar-refractivity contribution in [3.63, 3.8) is 0 Å². The summed E-state index contributed by atoms with van der Waals surface area (Å²) in [5.41, 5.74) is 0.944. The summed E-state index contributed by atoms with van der Waals surface area (Å²) in [6, 6.07) is -0.221. The van der Waals surface area contributed by atoms with Gasteiger partial charge in [-0.05, 0) is 6.42 Å². The third kappa shape index (κ3) is 4.99. The fraction of sp³-hybridized carbons (Fsp3) is 0.583. The maximum absolute atomic E-state index is 11.7. The highest BCUT2D eigenvalue weighted by molar-refractivity contribution is 5.74. The summed E-state index contributed by atoms with van der Waals surface area (Å²) in [6.45, 7) is 2.44. The van der Waals surface area contributed by atoms with Crippen molar-refractivity contribution < 1.29 is 14.7 Å². The molecule has 2 N–H and O–H groups in total. The van der Waals surface area contributed by atoms with E-state index in [4.69, 9.17) is 5.11 Å². The SMILES string of the molecule is CC(CCNC(=O)N(C)Cc1cnn(C)c1)C(=O)O. The van der Waals surface area contributed by atoms with E-state index in [1.807, 2.05) is 13.2 Å². The predicted octanol–water partition coefficient (Wildman–Crippen LogP) is 0.672. The minimum absolute atomic E-state index is 0.221. The molecule has 1 atom stereocenters. The molecular formula is C12H20N4O3. The number of aliphatic carboxylic acids is 1. The lowest BCUT2D eigenvalue weighted by atomic mass is 10.1. The van der Waals surface area contributed by atoms with Gasteiger partial charge in [0.05, 0.1) is 18.7 Å². The molecule has 1 aromatic rings. The van der Waals surface area contributed by atoms with Crippen LogP contribution in [-0.4, -0.2) is 45.4 Å². The normalized spacial score (nSPS) is 11.9. The first-order valence-electron chi connectivity index (χ1n) is 6.09. The molecule has 1 rings (SSSR count). The van der Waals surface area contributed by atoms with Crippen LogP contribution in [0.5, 0.6) is 0 Å². The Hall–Kier alpha value is -2.05. The van der Waals surface area contributed by atoms with Gasteiger partial charge in [0.2, 0.25) is 0 Å². The standard InChI is InChI=1S/C12H20N4O3/c1-9(11(17)18)4-5-13-12(19)15(2)7-10-6-14-16(3)8-10/h6,8-9H,4-5,7H2,1-3H3,(H,13,19)(H,17,18). The summed E-state index contributed by atoms with van der Waals surface area (Å²) in [5.74, 6) is -1.30. The number of nitrogens with one attached hydrogen (secondary N) is 1. The van der Waals surface area contributed by atoms with Crippen LogP contribution in [-0.2, 0) is 18.4 Å². The summed E-state index contributed by atoms with van der Waals surface area (Å²) in [5, 5.41) is 15.4. The average molecular weight is 268 g/mol. The summed E-state index contributed by atoms with van der Waals surface area (Å²) < 4.78 is 1.68. The van der Waals surface area contributed by atoms with Gasteiger partial charge in [0, 0.05) is 32.4 Å². The van der Waals surface area contributed by atoms with Gasteiger partial charge in [0.15, 0.2) is 0 Å². The number of urea groups is 1. The molecule has 0 aromatic carbocycles. The van der Waals surface area contributed by atoms with E-state index in [0.717, 1.165) is 5.56 Å².